The molecule has 2 saturated heterocycles. The van der Waals surface area contributed by atoms with Crippen LogP contribution in [0.25, 0.3) is 10.2 Å². The number of nitrogens with zero attached hydrogens (tertiary/aromatic N) is 2. The van der Waals surface area contributed by atoms with E-state index < -0.39 is 0 Å². The van der Waals surface area contributed by atoms with Gasteiger partial charge >= 0.3 is 0 Å². The molecule has 3 N–H and O–H groups in total. The lowest BCUT2D eigenvalue weighted by Gasteiger charge is -2.21. The largest absolute Gasteiger partial charge is 0.375 e. The number of nitrogens with one attached hydrogen (secondary N) is 1. The van der Waals surface area contributed by atoms with Gasteiger partial charge in [-0.3, -0.25) is 9.69 Å². The minimum Gasteiger partial charge on any atom is -0.375 e. The van der Waals surface area contributed by atoms with Crippen LogP contribution < -0.4 is 11.1 Å². The maximum Gasteiger partial charge on any atom is 0.251 e. The lowest BCUT2D eigenvalue weighted by Crippen LogP contribution is -2.42. The lowest BCUT2D eigenvalue weighted by molar-refractivity contribution is 0.0929. The summed E-state index contributed by atoms with van der Waals surface area (Å²) in [6, 6.07) is 6.42. The molecule has 110 valence electrons. The molecule has 0 spiro atoms. The number of amides is 1. The van der Waals surface area contributed by atoms with Crippen LogP contribution in [-0.2, 0) is 0 Å². The van der Waals surface area contributed by atoms with Gasteiger partial charge in [-0.1, -0.05) is 11.3 Å². The number of thiazole rings is 1. The number of carbonyl (C=O) groups is 1. The molecule has 2 aromatic rings. The number of anilines is 1. The molecule has 6 heteroatoms. The molecule has 0 bridgehead atoms. The third-order valence-corrected chi connectivity index (χ3v) is 5.44. The van der Waals surface area contributed by atoms with Gasteiger partial charge in [0.25, 0.3) is 5.91 Å². The van der Waals surface area contributed by atoms with Crippen molar-refractivity contribution in [3.63, 3.8) is 0 Å². The summed E-state index contributed by atoms with van der Waals surface area (Å²) in [5.74, 6) is 0.0163. The SMILES string of the molecule is Nc1nc2ccc(C(=O)NC3CCN4CCCC34)cc2s1. The molecular weight excluding hydrogens is 284 g/mol. The van der Waals surface area contributed by atoms with Crippen molar-refractivity contribution in [3.8, 4) is 0 Å². The van der Waals surface area contributed by atoms with Gasteiger partial charge < -0.3 is 11.1 Å². The highest BCUT2D eigenvalue weighted by Gasteiger charge is 2.37. The van der Waals surface area contributed by atoms with E-state index in [4.69, 9.17) is 5.73 Å². The summed E-state index contributed by atoms with van der Waals surface area (Å²) in [5.41, 5.74) is 7.26. The van der Waals surface area contributed by atoms with E-state index in [1.807, 2.05) is 18.2 Å². The van der Waals surface area contributed by atoms with Crippen LogP contribution in [-0.4, -0.2) is 41.0 Å². The normalized spacial score (nSPS) is 25.3. The van der Waals surface area contributed by atoms with E-state index in [9.17, 15) is 4.79 Å². The first-order valence-corrected chi connectivity index (χ1v) is 8.23. The first kappa shape index (κ1) is 13.0. The van der Waals surface area contributed by atoms with E-state index in [-0.39, 0.29) is 5.91 Å². The van der Waals surface area contributed by atoms with Crippen molar-refractivity contribution in [1.29, 1.82) is 0 Å². The molecule has 1 amide bonds. The summed E-state index contributed by atoms with van der Waals surface area (Å²) in [6.07, 6.45) is 3.52. The third kappa shape index (κ3) is 2.28. The molecule has 2 aliphatic heterocycles. The monoisotopic (exact) mass is 302 g/mol. The topological polar surface area (TPSA) is 71.2 Å². The van der Waals surface area contributed by atoms with Gasteiger partial charge in [-0.05, 0) is 44.0 Å². The van der Waals surface area contributed by atoms with E-state index >= 15 is 0 Å². The van der Waals surface area contributed by atoms with Gasteiger partial charge in [-0.15, -0.1) is 0 Å². The van der Waals surface area contributed by atoms with Crippen molar-refractivity contribution in [1.82, 2.24) is 15.2 Å². The van der Waals surface area contributed by atoms with Crippen LogP contribution in [0, 0.1) is 0 Å². The molecule has 0 radical (unpaired) electrons. The Hall–Kier alpha value is -1.66. The molecular formula is C15H18N4OS. The lowest BCUT2D eigenvalue weighted by atomic mass is 10.1. The second-order valence-corrected chi connectivity index (χ2v) is 6.91. The minimum atomic E-state index is 0.0163. The van der Waals surface area contributed by atoms with Gasteiger partial charge in [-0.25, -0.2) is 4.98 Å². The highest BCUT2D eigenvalue weighted by Crippen LogP contribution is 2.28. The third-order valence-electron chi connectivity index (χ3n) is 4.59. The van der Waals surface area contributed by atoms with Crippen LogP contribution >= 0.6 is 11.3 Å². The number of aromatic nitrogens is 1. The number of nitrogens with two attached hydrogens (primary N) is 1. The molecule has 21 heavy (non-hydrogen) atoms. The smallest absolute Gasteiger partial charge is 0.251 e. The number of fused-ring (bicyclic) bond motifs is 2. The number of nitrogen functional groups attached to an aromatic ring is 1. The first-order valence-electron chi connectivity index (χ1n) is 7.42. The van der Waals surface area contributed by atoms with Gasteiger partial charge in [0.15, 0.2) is 5.13 Å². The minimum absolute atomic E-state index is 0.0163. The average molecular weight is 302 g/mol. The predicted molar refractivity (Wildman–Crippen MR) is 84.5 cm³/mol. The molecule has 5 nitrogen and oxygen atoms in total. The maximum atomic E-state index is 12.5. The number of benzene rings is 1. The van der Waals surface area contributed by atoms with Crippen LogP contribution in [0.1, 0.15) is 29.6 Å². The van der Waals surface area contributed by atoms with Gasteiger partial charge in [0.1, 0.15) is 0 Å². The second-order valence-electron chi connectivity index (χ2n) is 5.85. The number of hydrogen-bond donors (Lipinski definition) is 2. The Kier molecular flexibility index (Phi) is 3.08. The Morgan fingerprint density at radius 2 is 2.29 bits per heavy atom. The molecule has 1 aromatic carbocycles. The quantitative estimate of drug-likeness (QED) is 0.888. The van der Waals surface area contributed by atoms with Crippen molar-refractivity contribution in [2.75, 3.05) is 18.8 Å². The second kappa shape index (κ2) is 4.96. The molecule has 0 aliphatic carbocycles. The van der Waals surface area contributed by atoms with Crippen LogP contribution in [0.4, 0.5) is 5.13 Å². The Morgan fingerprint density at radius 1 is 1.38 bits per heavy atom. The molecule has 2 atom stereocenters. The molecule has 2 fully saturated rings. The number of carbonyl (C=O) groups excluding carboxylic acids is 1. The van der Waals surface area contributed by atoms with Gasteiger partial charge in [-0.2, -0.15) is 0 Å². The van der Waals surface area contributed by atoms with Crippen LogP contribution in [0.3, 0.4) is 0 Å². The Bertz CT molecular complexity index is 698. The first-order chi connectivity index (χ1) is 10.2. The van der Waals surface area contributed by atoms with Crippen molar-refractivity contribution in [2.24, 2.45) is 0 Å². The maximum absolute atomic E-state index is 12.5. The molecule has 1 aromatic heterocycles. The van der Waals surface area contributed by atoms with Gasteiger partial charge in [0.2, 0.25) is 0 Å². The fraction of sp³-hybridized carbons (Fsp3) is 0.467. The van der Waals surface area contributed by atoms with Crippen LogP contribution in [0.15, 0.2) is 18.2 Å². The Morgan fingerprint density at radius 3 is 3.19 bits per heavy atom. The molecule has 2 aliphatic rings. The standard InChI is InChI=1S/C15H18N4OS/c16-15-18-11-4-3-9(8-13(11)21-15)14(20)17-10-5-7-19-6-1-2-12(10)19/h3-4,8,10,12H,1-2,5-7H2,(H2,16,18)(H,17,20). The van der Waals surface area contributed by atoms with Crippen molar-refractivity contribution < 1.29 is 4.79 Å². The summed E-state index contributed by atoms with van der Waals surface area (Å²) in [7, 11) is 0. The zero-order valence-electron chi connectivity index (χ0n) is 11.7. The number of hydrogen-bond acceptors (Lipinski definition) is 5. The van der Waals surface area contributed by atoms with Crippen LogP contribution in [0.2, 0.25) is 0 Å². The number of rotatable bonds is 2. The van der Waals surface area contributed by atoms with Crippen molar-refractivity contribution in [3.05, 3.63) is 23.8 Å². The van der Waals surface area contributed by atoms with Gasteiger partial charge in [0, 0.05) is 24.2 Å². The summed E-state index contributed by atoms with van der Waals surface area (Å²) in [5, 5.41) is 3.75. The fourth-order valence-electron chi connectivity index (χ4n) is 3.59. The van der Waals surface area contributed by atoms with E-state index in [0.717, 1.165) is 23.2 Å². The summed E-state index contributed by atoms with van der Waals surface area (Å²) in [4.78, 5) is 19.2. The Balaban J connectivity index is 1.53. The summed E-state index contributed by atoms with van der Waals surface area (Å²) in [6.45, 7) is 2.29. The van der Waals surface area contributed by atoms with E-state index in [1.54, 1.807) is 0 Å². The highest BCUT2D eigenvalue weighted by atomic mass is 32.1. The fourth-order valence-corrected chi connectivity index (χ4v) is 4.36. The Labute approximate surface area is 127 Å². The highest BCUT2D eigenvalue weighted by molar-refractivity contribution is 7.22. The molecule has 0 saturated carbocycles. The average Bonchev–Trinajstić information content (AvgIpc) is 3.13. The van der Waals surface area contributed by atoms with Crippen molar-refractivity contribution in [2.45, 2.75) is 31.3 Å². The van der Waals surface area contributed by atoms with E-state index in [2.05, 4.69) is 15.2 Å². The van der Waals surface area contributed by atoms with E-state index in [1.165, 1.54) is 30.7 Å². The zero-order valence-corrected chi connectivity index (χ0v) is 12.5. The summed E-state index contributed by atoms with van der Waals surface area (Å²) >= 11 is 1.42. The molecule has 3 heterocycles. The summed E-state index contributed by atoms with van der Waals surface area (Å²) < 4.78 is 0.967. The molecule has 2 unspecified atom stereocenters. The van der Waals surface area contributed by atoms with Crippen molar-refractivity contribution >= 4 is 32.6 Å². The van der Waals surface area contributed by atoms with Crippen LogP contribution in [0.5, 0.6) is 0 Å². The van der Waals surface area contributed by atoms with E-state index in [0.29, 0.717) is 22.8 Å². The zero-order chi connectivity index (χ0) is 14.4. The van der Waals surface area contributed by atoms with Gasteiger partial charge in [0.05, 0.1) is 10.2 Å². The molecule has 4 rings (SSSR count). The predicted octanol–water partition coefficient (Wildman–Crippen LogP) is 1.84.